The minimum absolute atomic E-state index is 0.0718. The summed E-state index contributed by atoms with van der Waals surface area (Å²) in [4.78, 5) is 0. The van der Waals surface area contributed by atoms with E-state index in [1.165, 1.54) is 32.1 Å². The molecule has 4 aliphatic rings. The summed E-state index contributed by atoms with van der Waals surface area (Å²) in [5.74, 6) is 4.26. The molecule has 0 aromatic rings. The molecule has 1 unspecified atom stereocenters. The molecule has 17 heavy (non-hydrogen) atoms. The van der Waals surface area contributed by atoms with E-state index in [4.69, 9.17) is 5.73 Å². The Morgan fingerprint density at radius 3 is 1.94 bits per heavy atom. The molecule has 0 saturated heterocycles. The number of nitriles is 1. The van der Waals surface area contributed by atoms with Gasteiger partial charge >= 0.3 is 0 Å². The third-order valence-corrected chi connectivity index (χ3v) is 5.84. The Morgan fingerprint density at radius 1 is 1.06 bits per heavy atom. The highest BCUT2D eigenvalue weighted by Crippen LogP contribution is 2.58. The topological polar surface area (TPSA) is 49.8 Å². The van der Waals surface area contributed by atoms with Crippen LogP contribution in [0.15, 0.2) is 0 Å². The van der Waals surface area contributed by atoms with Crippen LogP contribution >= 0.6 is 0 Å². The molecule has 0 amide bonds. The van der Waals surface area contributed by atoms with Crippen LogP contribution in [0.5, 0.6) is 0 Å². The summed E-state index contributed by atoms with van der Waals surface area (Å²) in [6.45, 7) is 4.03. The molecular weight excluding hydrogens is 208 g/mol. The second-order valence-electron chi connectivity index (χ2n) is 7.37. The molecule has 4 saturated carbocycles. The average molecular weight is 232 g/mol. The smallest absolute Gasteiger partial charge is 0.0700 e. The van der Waals surface area contributed by atoms with Crippen LogP contribution in [0.1, 0.15) is 46.0 Å². The molecule has 0 aliphatic heterocycles. The molecule has 4 fully saturated rings. The first-order valence-corrected chi connectivity index (χ1v) is 7.18. The Kier molecular flexibility index (Phi) is 2.52. The van der Waals surface area contributed by atoms with Gasteiger partial charge in [-0.25, -0.2) is 0 Å². The van der Waals surface area contributed by atoms with Gasteiger partial charge in [0.15, 0.2) is 0 Å². The van der Waals surface area contributed by atoms with E-state index in [0.717, 1.165) is 23.7 Å². The van der Waals surface area contributed by atoms with Gasteiger partial charge in [-0.2, -0.15) is 5.26 Å². The summed E-state index contributed by atoms with van der Waals surface area (Å²) in [7, 11) is 0. The quantitative estimate of drug-likeness (QED) is 0.795. The molecule has 0 heterocycles. The molecule has 4 rings (SSSR count). The fourth-order valence-electron chi connectivity index (χ4n) is 5.11. The summed E-state index contributed by atoms with van der Waals surface area (Å²) in [6.07, 6.45) is 7.07. The molecule has 2 N–H and O–H groups in total. The summed E-state index contributed by atoms with van der Waals surface area (Å²) in [6, 6.07) is 2.50. The zero-order valence-corrected chi connectivity index (χ0v) is 11.0. The van der Waals surface area contributed by atoms with Crippen LogP contribution in [0, 0.1) is 46.3 Å². The lowest BCUT2D eigenvalue weighted by Gasteiger charge is -2.57. The molecule has 0 radical (unpaired) electrons. The Hall–Kier alpha value is -0.550. The zero-order valence-electron chi connectivity index (χ0n) is 11.0. The third-order valence-electron chi connectivity index (χ3n) is 5.84. The van der Waals surface area contributed by atoms with Crippen LogP contribution in [0.3, 0.4) is 0 Å². The molecule has 2 nitrogen and oxygen atoms in total. The van der Waals surface area contributed by atoms with Crippen molar-refractivity contribution in [2.45, 2.75) is 52.0 Å². The predicted molar refractivity (Wildman–Crippen MR) is 67.9 cm³/mol. The van der Waals surface area contributed by atoms with Gasteiger partial charge < -0.3 is 5.73 Å². The summed E-state index contributed by atoms with van der Waals surface area (Å²) < 4.78 is 0. The van der Waals surface area contributed by atoms with Crippen LogP contribution in [-0.4, -0.2) is 6.04 Å². The molecule has 0 aromatic heterocycles. The third kappa shape index (κ3) is 1.71. The molecule has 4 aliphatic carbocycles. The fraction of sp³-hybridized carbons (Fsp3) is 0.933. The van der Waals surface area contributed by atoms with E-state index in [2.05, 4.69) is 6.07 Å². The lowest BCUT2D eigenvalue weighted by atomic mass is 9.49. The molecule has 0 spiro atoms. The minimum atomic E-state index is -0.361. The minimum Gasteiger partial charge on any atom is -0.326 e. The largest absolute Gasteiger partial charge is 0.326 e. The van der Waals surface area contributed by atoms with Crippen molar-refractivity contribution in [2.75, 3.05) is 0 Å². The highest BCUT2D eigenvalue weighted by atomic mass is 14.7. The van der Waals surface area contributed by atoms with Crippen LogP contribution in [-0.2, 0) is 0 Å². The number of nitrogens with zero attached hydrogens (tertiary/aromatic N) is 1. The van der Waals surface area contributed by atoms with E-state index in [-0.39, 0.29) is 11.5 Å². The highest BCUT2D eigenvalue weighted by Gasteiger charge is 2.52. The van der Waals surface area contributed by atoms with Gasteiger partial charge in [0.25, 0.3) is 0 Å². The molecular formula is C15H24N2. The monoisotopic (exact) mass is 232 g/mol. The second-order valence-corrected chi connectivity index (χ2v) is 7.37. The lowest BCUT2D eigenvalue weighted by molar-refractivity contribution is -0.0575. The van der Waals surface area contributed by atoms with E-state index in [1.807, 2.05) is 13.8 Å². The van der Waals surface area contributed by atoms with E-state index in [1.54, 1.807) is 0 Å². The van der Waals surface area contributed by atoms with Gasteiger partial charge in [-0.3, -0.25) is 0 Å². The molecule has 4 bridgehead atoms. The van der Waals surface area contributed by atoms with Crippen molar-refractivity contribution in [1.29, 1.82) is 5.26 Å². The first-order chi connectivity index (χ1) is 8.01. The van der Waals surface area contributed by atoms with Crippen LogP contribution in [0.4, 0.5) is 0 Å². The van der Waals surface area contributed by atoms with Crippen molar-refractivity contribution in [3.63, 3.8) is 0 Å². The molecule has 1 atom stereocenters. The Labute approximate surface area is 105 Å². The van der Waals surface area contributed by atoms with Gasteiger partial charge in [-0.1, -0.05) is 0 Å². The van der Waals surface area contributed by atoms with Crippen molar-refractivity contribution >= 4 is 0 Å². The van der Waals surface area contributed by atoms with Gasteiger partial charge in [0, 0.05) is 6.04 Å². The summed E-state index contributed by atoms with van der Waals surface area (Å²) in [5.41, 5.74) is 6.10. The van der Waals surface area contributed by atoms with E-state index < -0.39 is 0 Å². The van der Waals surface area contributed by atoms with Gasteiger partial charge in [0.05, 0.1) is 11.5 Å². The number of nitrogens with two attached hydrogens (primary N) is 1. The van der Waals surface area contributed by atoms with Gasteiger partial charge in [-0.15, -0.1) is 0 Å². The summed E-state index contributed by atoms with van der Waals surface area (Å²) >= 11 is 0. The van der Waals surface area contributed by atoms with Crippen molar-refractivity contribution in [3.05, 3.63) is 0 Å². The Balaban J connectivity index is 1.83. The SMILES string of the molecule is CC(C)(C#N)C(N)C1C2CC3CC(C2)CC1C3. The standard InChI is InChI=1S/C15H24N2/c1-15(2,8-16)14(17)13-11-4-9-3-10(6-11)7-12(13)5-9/h9-14H,3-7,17H2,1-2H3. The zero-order chi connectivity index (χ0) is 12.2. The van der Waals surface area contributed by atoms with Crippen molar-refractivity contribution < 1.29 is 0 Å². The second kappa shape index (κ2) is 3.72. The first-order valence-electron chi connectivity index (χ1n) is 7.18. The Bertz CT molecular complexity index is 324. The maximum atomic E-state index is 9.29. The van der Waals surface area contributed by atoms with Crippen molar-refractivity contribution in [3.8, 4) is 6.07 Å². The summed E-state index contributed by atoms with van der Waals surface area (Å²) in [5, 5.41) is 9.29. The van der Waals surface area contributed by atoms with E-state index >= 15 is 0 Å². The van der Waals surface area contributed by atoms with E-state index in [0.29, 0.717) is 5.92 Å². The number of hydrogen-bond acceptors (Lipinski definition) is 2. The predicted octanol–water partition coefficient (Wildman–Crippen LogP) is 2.94. The fourth-order valence-corrected chi connectivity index (χ4v) is 5.11. The maximum absolute atomic E-state index is 9.29. The van der Waals surface area contributed by atoms with Crippen molar-refractivity contribution in [2.24, 2.45) is 40.7 Å². The highest BCUT2D eigenvalue weighted by molar-refractivity contribution is 5.08. The van der Waals surface area contributed by atoms with Crippen LogP contribution in [0.2, 0.25) is 0 Å². The van der Waals surface area contributed by atoms with Crippen molar-refractivity contribution in [1.82, 2.24) is 0 Å². The normalized spacial score (nSPS) is 45.6. The molecule has 2 heteroatoms. The average Bonchev–Trinajstić information content (AvgIpc) is 2.27. The number of hydrogen-bond donors (Lipinski definition) is 1. The van der Waals surface area contributed by atoms with Crippen LogP contribution in [0.25, 0.3) is 0 Å². The van der Waals surface area contributed by atoms with E-state index in [9.17, 15) is 5.26 Å². The lowest BCUT2D eigenvalue weighted by Crippen LogP contribution is -2.55. The molecule has 94 valence electrons. The van der Waals surface area contributed by atoms with Gasteiger partial charge in [-0.05, 0) is 75.5 Å². The number of rotatable bonds is 2. The van der Waals surface area contributed by atoms with Gasteiger partial charge in [0.2, 0.25) is 0 Å². The maximum Gasteiger partial charge on any atom is 0.0700 e. The molecule has 0 aromatic carbocycles. The van der Waals surface area contributed by atoms with Gasteiger partial charge in [0.1, 0.15) is 0 Å². The van der Waals surface area contributed by atoms with Crippen LogP contribution < -0.4 is 5.73 Å². The Morgan fingerprint density at radius 2 is 1.53 bits per heavy atom. The first kappa shape index (κ1) is 11.5.